The van der Waals surface area contributed by atoms with Crippen molar-refractivity contribution in [3.63, 3.8) is 0 Å². The van der Waals surface area contributed by atoms with Gasteiger partial charge in [0, 0.05) is 5.69 Å². The summed E-state index contributed by atoms with van der Waals surface area (Å²) in [6.45, 7) is 0. The van der Waals surface area contributed by atoms with Crippen LogP contribution in [0.3, 0.4) is 0 Å². The summed E-state index contributed by atoms with van der Waals surface area (Å²) in [5, 5.41) is 11.6. The Morgan fingerprint density at radius 3 is 2.45 bits per heavy atom. The van der Waals surface area contributed by atoms with Gasteiger partial charge in [-0.15, -0.1) is 0 Å². The maximum absolute atomic E-state index is 11.9. The number of pyridine rings is 1. The fourth-order valence-corrected chi connectivity index (χ4v) is 1.77. The van der Waals surface area contributed by atoms with Crippen molar-refractivity contribution in [3.05, 3.63) is 58.9 Å². The Morgan fingerprint density at radius 1 is 1.15 bits per heavy atom. The summed E-state index contributed by atoms with van der Waals surface area (Å²) < 4.78 is 0. The second kappa shape index (κ2) is 6.16. The number of nitrogens with one attached hydrogen (secondary N) is 1. The van der Waals surface area contributed by atoms with Crippen LogP contribution in [0.4, 0.5) is 5.69 Å². The first-order valence-corrected chi connectivity index (χ1v) is 6.17. The molecular weight excluding hydrogens is 280 g/mol. The number of hydrogen-bond donors (Lipinski definition) is 2. The molecule has 0 aliphatic rings. The van der Waals surface area contributed by atoms with E-state index in [-0.39, 0.29) is 23.2 Å². The standard InChI is InChI=1S/C14H11ClN2O3/c15-12-3-1-2-11(17-12)14(20)16-10-6-4-9(5-7-10)8-13(18)19/h1-7H,8H2,(H,16,20)(H,18,19). The molecule has 0 saturated heterocycles. The van der Waals surface area contributed by atoms with Crippen LogP contribution < -0.4 is 5.32 Å². The third-order valence-electron chi connectivity index (χ3n) is 2.51. The number of anilines is 1. The maximum atomic E-state index is 11.9. The molecule has 1 aromatic carbocycles. The molecular formula is C14H11ClN2O3. The van der Waals surface area contributed by atoms with E-state index in [9.17, 15) is 9.59 Å². The van der Waals surface area contributed by atoms with Gasteiger partial charge < -0.3 is 10.4 Å². The van der Waals surface area contributed by atoms with Crippen molar-refractivity contribution < 1.29 is 14.7 Å². The molecule has 1 amide bonds. The zero-order valence-corrected chi connectivity index (χ0v) is 11.1. The molecule has 2 N–H and O–H groups in total. The zero-order valence-electron chi connectivity index (χ0n) is 10.3. The van der Waals surface area contributed by atoms with Crippen molar-refractivity contribution in [1.82, 2.24) is 4.98 Å². The van der Waals surface area contributed by atoms with E-state index >= 15 is 0 Å². The molecule has 0 spiro atoms. The predicted molar refractivity (Wildman–Crippen MR) is 75.0 cm³/mol. The Kier molecular flexibility index (Phi) is 4.32. The summed E-state index contributed by atoms with van der Waals surface area (Å²) >= 11 is 5.71. The number of benzene rings is 1. The van der Waals surface area contributed by atoms with Crippen LogP contribution in [0.15, 0.2) is 42.5 Å². The molecule has 0 saturated carbocycles. The molecule has 0 atom stereocenters. The van der Waals surface area contributed by atoms with Crippen molar-refractivity contribution in [2.45, 2.75) is 6.42 Å². The van der Waals surface area contributed by atoms with Crippen LogP contribution >= 0.6 is 11.6 Å². The van der Waals surface area contributed by atoms with Gasteiger partial charge in [0.2, 0.25) is 0 Å². The average molecular weight is 291 g/mol. The minimum Gasteiger partial charge on any atom is -0.481 e. The maximum Gasteiger partial charge on any atom is 0.307 e. The predicted octanol–water partition coefficient (Wildman–Crippen LogP) is 2.61. The van der Waals surface area contributed by atoms with Gasteiger partial charge in [-0.2, -0.15) is 0 Å². The molecule has 20 heavy (non-hydrogen) atoms. The van der Waals surface area contributed by atoms with E-state index in [1.54, 1.807) is 42.5 Å². The van der Waals surface area contributed by atoms with Crippen LogP contribution in [0.5, 0.6) is 0 Å². The minimum atomic E-state index is -0.898. The van der Waals surface area contributed by atoms with Gasteiger partial charge in [-0.25, -0.2) is 4.98 Å². The highest BCUT2D eigenvalue weighted by Crippen LogP contribution is 2.12. The highest BCUT2D eigenvalue weighted by molar-refractivity contribution is 6.29. The highest BCUT2D eigenvalue weighted by atomic mass is 35.5. The lowest BCUT2D eigenvalue weighted by Crippen LogP contribution is -2.13. The summed E-state index contributed by atoms with van der Waals surface area (Å²) in [5.74, 6) is -1.27. The first kappa shape index (κ1) is 14.0. The van der Waals surface area contributed by atoms with E-state index in [0.717, 1.165) is 0 Å². The largest absolute Gasteiger partial charge is 0.481 e. The molecule has 102 valence electrons. The van der Waals surface area contributed by atoms with Gasteiger partial charge in [0.1, 0.15) is 10.8 Å². The van der Waals surface area contributed by atoms with Crippen LogP contribution in [0.1, 0.15) is 16.1 Å². The molecule has 0 fully saturated rings. The Balaban J connectivity index is 2.06. The SMILES string of the molecule is O=C(O)Cc1ccc(NC(=O)c2cccc(Cl)n2)cc1. The van der Waals surface area contributed by atoms with Crippen molar-refractivity contribution >= 4 is 29.2 Å². The van der Waals surface area contributed by atoms with Crippen LogP contribution in [0, 0.1) is 0 Å². The molecule has 2 aromatic rings. The number of hydrogen-bond acceptors (Lipinski definition) is 3. The van der Waals surface area contributed by atoms with E-state index in [2.05, 4.69) is 10.3 Å². The topological polar surface area (TPSA) is 79.3 Å². The second-order valence-corrected chi connectivity index (χ2v) is 4.45. The van der Waals surface area contributed by atoms with Gasteiger partial charge in [0.15, 0.2) is 0 Å². The lowest BCUT2D eigenvalue weighted by Gasteiger charge is -2.05. The van der Waals surface area contributed by atoms with Gasteiger partial charge in [-0.1, -0.05) is 29.8 Å². The number of halogens is 1. The number of aliphatic carboxylic acids is 1. The fraction of sp³-hybridized carbons (Fsp3) is 0.0714. The highest BCUT2D eigenvalue weighted by Gasteiger charge is 2.08. The van der Waals surface area contributed by atoms with E-state index in [1.165, 1.54) is 0 Å². The molecule has 0 aliphatic heterocycles. The monoisotopic (exact) mass is 290 g/mol. The molecule has 5 nitrogen and oxygen atoms in total. The second-order valence-electron chi connectivity index (χ2n) is 4.07. The average Bonchev–Trinajstić information content (AvgIpc) is 2.40. The number of nitrogens with zero attached hydrogens (tertiary/aromatic N) is 1. The van der Waals surface area contributed by atoms with Crippen molar-refractivity contribution in [2.24, 2.45) is 0 Å². The Hall–Kier alpha value is -2.40. The molecule has 0 aliphatic carbocycles. The number of carboxylic acids is 1. The number of carbonyl (C=O) groups is 2. The molecule has 1 heterocycles. The molecule has 0 radical (unpaired) electrons. The quantitative estimate of drug-likeness (QED) is 0.848. The lowest BCUT2D eigenvalue weighted by molar-refractivity contribution is -0.136. The number of rotatable bonds is 4. The zero-order chi connectivity index (χ0) is 14.5. The van der Waals surface area contributed by atoms with Crippen LogP contribution in [0.2, 0.25) is 5.15 Å². The first-order chi connectivity index (χ1) is 9.54. The summed E-state index contributed by atoms with van der Waals surface area (Å²) in [5.41, 5.74) is 1.44. The van der Waals surface area contributed by atoms with Gasteiger partial charge in [-0.05, 0) is 29.8 Å². The smallest absolute Gasteiger partial charge is 0.307 e. The van der Waals surface area contributed by atoms with Gasteiger partial charge in [0.05, 0.1) is 6.42 Å². The fourth-order valence-electron chi connectivity index (χ4n) is 1.61. The summed E-state index contributed by atoms with van der Waals surface area (Å²) in [7, 11) is 0. The number of carboxylic acid groups (broad SMARTS) is 1. The lowest BCUT2D eigenvalue weighted by atomic mass is 10.1. The molecule has 1 aromatic heterocycles. The molecule has 2 rings (SSSR count). The normalized spacial score (nSPS) is 10.1. The third kappa shape index (κ3) is 3.80. The Labute approximate surface area is 120 Å². The van der Waals surface area contributed by atoms with E-state index in [1.807, 2.05) is 0 Å². The van der Waals surface area contributed by atoms with Gasteiger partial charge in [-0.3, -0.25) is 9.59 Å². The van der Waals surface area contributed by atoms with Crippen molar-refractivity contribution in [3.8, 4) is 0 Å². The third-order valence-corrected chi connectivity index (χ3v) is 2.73. The van der Waals surface area contributed by atoms with Crippen LogP contribution in [-0.4, -0.2) is 22.0 Å². The van der Waals surface area contributed by atoms with Crippen LogP contribution in [-0.2, 0) is 11.2 Å². The number of amides is 1. The molecule has 0 bridgehead atoms. The minimum absolute atomic E-state index is 0.0515. The van der Waals surface area contributed by atoms with E-state index in [0.29, 0.717) is 11.3 Å². The summed E-state index contributed by atoms with van der Waals surface area (Å²) in [6.07, 6.45) is -0.0515. The summed E-state index contributed by atoms with van der Waals surface area (Å²) in [6, 6.07) is 11.4. The van der Waals surface area contributed by atoms with Gasteiger partial charge >= 0.3 is 5.97 Å². The van der Waals surface area contributed by atoms with Crippen molar-refractivity contribution in [1.29, 1.82) is 0 Å². The van der Waals surface area contributed by atoms with Crippen molar-refractivity contribution in [2.75, 3.05) is 5.32 Å². The molecule has 6 heteroatoms. The number of aromatic nitrogens is 1. The van der Waals surface area contributed by atoms with Crippen LogP contribution in [0.25, 0.3) is 0 Å². The van der Waals surface area contributed by atoms with E-state index in [4.69, 9.17) is 16.7 Å². The Morgan fingerprint density at radius 2 is 1.85 bits per heavy atom. The Bertz CT molecular complexity index is 641. The van der Waals surface area contributed by atoms with E-state index < -0.39 is 5.97 Å². The molecule has 0 unspecified atom stereocenters. The first-order valence-electron chi connectivity index (χ1n) is 5.79. The van der Waals surface area contributed by atoms with Gasteiger partial charge in [0.25, 0.3) is 5.91 Å². The number of carbonyl (C=O) groups excluding carboxylic acids is 1. The summed E-state index contributed by atoms with van der Waals surface area (Å²) in [4.78, 5) is 26.4.